The van der Waals surface area contributed by atoms with E-state index in [9.17, 15) is 9.59 Å². The van der Waals surface area contributed by atoms with Crippen LogP contribution in [0, 0.1) is 42.9 Å². The molecule has 0 aromatic heterocycles. The Morgan fingerprint density at radius 3 is 2.32 bits per heavy atom. The maximum absolute atomic E-state index is 13.1. The summed E-state index contributed by atoms with van der Waals surface area (Å²) >= 11 is 0. The van der Waals surface area contributed by atoms with Crippen molar-refractivity contribution < 1.29 is 19.1 Å². The van der Waals surface area contributed by atoms with Gasteiger partial charge in [0.2, 0.25) is 0 Å². The minimum absolute atomic E-state index is 0.148. The molecule has 4 aliphatic carbocycles. The highest BCUT2D eigenvalue weighted by molar-refractivity contribution is 5.81. The van der Waals surface area contributed by atoms with E-state index in [0.29, 0.717) is 36.5 Å². The molecule has 1 aromatic rings. The zero-order valence-corrected chi connectivity index (χ0v) is 18.6. The van der Waals surface area contributed by atoms with Gasteiger partial charge < -0.3 is 14.4 Å². The standard InChI is InChI=1S/C25H32N2O4/c1-17-4-5-22(18(2)8-17)30-16-24(29)31-15-23(28)27(7-3-6-26)25-12-19-9-20(13-25)11-21(10-19)14-25/h4-5,8,19-21H,3,7,9-16H2,1-2H3. The molecule has 4 fully saturated rings. The highest BCUT2D eigenvalue weighted by Gasteiger charge is 2.54. The highest BCUT2D eigenvalue weighted by Crippen LogP contribution is 2.57. The van der Waals surface area contributed by atoms with Crippen molar-refractivity contribution in [3.05, 3.63) is 29.3 Å². The fraction of sp³-hybridized carbons (Fsp3) is 0.640. The summed E-state index contributed by atoms with van der Waals surface area (Å²) in [5, 5.41) is 9.12. The first kappa shape index (κ1) is 21.7. The van der Waals surface area contributed by atoms with E-state index in [1.807, 2.05) is 36.9 Å². The molecular weight excluding hydrogens is 392 g/mol. The lowest BCUT2D eigenvalue weighted by Crippen LogP contribution is -2.62. The Balaban J connectivity index is 1.35. The van der Waals surface area contributed by atoms with E-state index >= 15 is 0 Å². The molecule has 6 heteroatoms. The number of aryl methyl sites for hydroxylation is 2. The number of benzene rings is 1. The smallest absolute Gasteiger partial charge is 0.344 e. The van der Waals surface area contributed by atoms with Gasteiger partial charge in [-0.3, -0.25) is 4.79 Å². The summed E-state index contributed by atoms with van der Waals surface area (Å²) < 4.78 is 10.8. The van der Waals surface area contributed by atoms with Crippen molar-refractivity contribution in [2.45, 2.75) is 64.3 Å². The number of rotatable bonds is 8. The molecule has 1 amide bonds. The third-order valence-corrected chi connectivity index (χ3v) is 7.36. The Bertz CT molecular complexity index is 853. The van der Waals surface area contributed by atoms with Gasteiger partial charge in [-0.15, -0.1) is 0 Å². The van der Waals surface area contributed by atoms with E-state index in [1.54, 1.807) is 0 Å². The van der Waals surface area contributed by atoms with Crippen LogP contribution in [0.25, 0.3) is 0 Å². The van der Waals surface area contributed by atoms with Crippen LogP contribution in [0.4, 0.5) is 0 Å². The van der Waals surface area contributed by atoms with E-state index in [2.05, 4.69) is 6.07 Å². The number of ether oxygens (including phenoxy) is 2. The molecule has 0 aliphatic heterocycles. The molecule has 0 N–H and O–H groups in total. The molecule has 4 saturated carbocycles. The number of carbonyl (C=O) groups excluding carboxylic acids is 2. The summed E-state index contributed by atoms with van der Waals surface area (Å²) in [7, 11) is 0. The average Bonchev–Trinajstić information content (AvgIpc) is 2.70. The van der Waals surface area contributed by atoms with Crippen LogP contribution >= 0.6 is 0 Å². The van der Waals surface area contributed by atoms with E-state index in [0.717, 1.165) is 30.4 Å². The monoisotopic (exact) mass is 424 g/mol. The summed E-state index contributed by atoms with van der Waals surface area (Å²) in [5.41, 5.74) is 1.93. The molecule has 166 valence electrons. The quantitative estimate of drug-likeness (QED) is 0.591. The lowest BCUT2D eigenvalue weighted by molar-refractivity contribution is -0.163. The van der Waals surface area contributed by atoms with Crippen LogP contribution in [-0.4, -0.2) is 42.1 Å². The van der Waals surface area contributed by atoms with Crippen molar-refractivity contribution in [2.75, 3.05) is 19.8 Å². The summed E-state index contributed by atoms with van der Waals surface area (Å²) in [4.78, 5) is 27.2. The second-order valence-electron chi connectivity index (χ2n) is 9.81. The molecule has 0 saturated heterocycles. The van der Waals surface area contributed by atoms with Crippen molar-refractivity contribution in [3.8, 4) is 11.8 Å². The van der Waals surface area contributed by atoms with Gasteiger partial charge in [-0.1, -0.05) is 17.7 Å². The summed E-state index contributed by atoms with van der Waals surface area (Å²) in [5.74, 6) is 1.97. The maximum Gasteiger partial charge on any atom is 0.344 e. The van der Waals surface area contributed by atoms with Gasteiger partial charge in [0, 0.05) is 12.1 Å². The van der Waals surface area contributed by atoms with Crippen LogP contribution < -0.4 is 4.74 Å². The lowest BCUT2D eigenvalue weighted by atomic mass is 9.52. The third kappa shape index (κ3) is 4.71. The number of hydrogen-bond acceptors (Lipinski definition) is 5. The minimum Gasteiger partial charge on any atom is -0.482 e. The lowest BCUT2D eigenvalue weighted by Gasteiger charge is -2.60. The molecule has 0 spiro atoms. The SMILES string of the molecule is Cc1ccc(OCC(=O)OCC(=O)N(CCC#N)C23CC4CC(CC(C4)C2)C3)c(C)c1. The van der Waals surface area contributed by atoms with E-state index in [1.165, 1.54) is 19.3 Å². The van der Waals surface area contributed by atoms with Gasteiger partial charge in [-0.05, 0) is 81.8 Å². The summed E-state index contributed by atoms with van der Waals surface area (Å²) in [6.07, 6.45) is 7.23. The minimum atomic E-state index is -0.556. The molecule has 0 heterocycles. The van der Waals surface area contributed by atoms with Crippen molar-refractivity contribution in [1.29, 1.82) is 5.26 Å². The van der Waals surface area contributed by atoms with Crippen molar-refractivity contribution in [2.24, 2.45) is 17.8 Å². The molecule has 31 heavy (non-hydrogen) atoms. The van der Waals surface area contributed by atoms with Crippen molar-refractivity contribution in [3.63, 3.8) is 0 Å². The van der Waals surface area contributed by atoms with Crippen LogP contribution in [0.2, 0.25) is 0 Å². The topological polar surface area (TPSA) is 79.6 Å². The molecule has 1 aromatic carbocycles. The Morgan fingerprint density at radius 2 is 1.74 bits per heavy atom. The Kier molecular flexibility index (Phi) is 6.22. The Labute approximate surface area is 184 Å². The predicted molar refractivity (Wildman–Crippen MR) is 115 cm³/mol. The van der Waals surface area contributed by atoms with Crippen molar-refractivity contribution in [1.82, 2.24) is 4.90 Å². The van der Waals surface area contributed by atoms with Crippen LogP contribution in [0.3, 0.4) is 0 Å². The largest absolute Gasteiger partial charge is 0.482 e. The first-order chi connectivity index (χ1) is 14.9. The number of nitrogens with zero attached hydrogens (tertiary/aromatic N) is 2. The molecule has 0 unspecified atom stereocenters. The van der Waals surface area contributed by atoms with Gasteiger partial charge in [0.15, 0.2) is 13.2 Å². The molecular formula is C25H32N2O4. The fourth-order valence-electron chi connectivity index (χ4n) is 6.54. The first-order valence-electron chi connectivity index (χ1n) is 11.4. The second kappa shape index (κ2) is 8.90. The van der Waals surface area contributed by atoms with Gasteiger partial charge in [-0.25, -0.2) is 4.79 Å². The van der Waals surface area contributed by atoms with Gasteiger partial charge in [0.25, 0.3) is 5.91 Å². The molecule has 5 rings (SSSR count). The maximum atomic E-state index is 13.1. The van der Waals surface area contributed by atoms with E-state index in [-0.39, 0.29) is 24.7 Å². The van der Waals surface area contributed by atoms with Crippen LogP contribution in [0.15, 0.2) is 18.2 Å². The van der Waals surface area contributed by atoms with Crippen LogP contribution in [-0.2, 0) is 14.3 Å². The van der Waals surface area contributed by atoms with Crippen LogP contribution in [0.1, 0.15) is 56.1 Å². The highest BCUT2D eigenvalue weighted by atomic mass is 16.6. The third-order valence-electron chi connectivity index (χ3n) is 7.36. The van der Waals surface area contributed by atoms with Gasteiger partial charge in [0.05, 0.1) is 12.5 Å². The predicted octanol–water partition coefficient (Wildman–Crippen LogP) is 3.94. The second-order valence-corrected chi connectivity index (χ2v) is 9.81. The molecule has 4 bridgehead atoms. The number of esters is 1. The number of hydrogen-bond donors (Lipinski definition) is 0. The summed E-state index contributed by atoms with van der Waals surface area (Å²) in [6.45, 7) is 3.82. The first-order valence-corrected chi connectivity index (χ1v) is 11.4. The number of carbonyl (C=O) groups is 2. The molecule has 0 radical (unpaired) electrons. The summed E-state index contributed by atoms with van der Waals surface area (Å²) in [6, 6.07) is 7.92. The normalized spacial score (nSPS) is 28.1. The number of nitriles is 1. The molecule has 4 aliphatic rings. The van der Waals surface area contributed by atoms with Gasteiger partial charge in [0.1, 0.15) is 5.75 Å². The fourth-order valence-corrected chi connectivity index (χ4v) is 6.54. The van der Waals surface area contributed by atoms with E-state index < -0.39 is 5.97 Å². The molecule has 0 atom stereocenters. The van der Waals surface area contributed by atoms with Crippen LogP contribution in [0.5, 0.6) is 5.75 Å². The Morgan fingerprint density at radius 1 is 1.10 bits per heavy atom. The van der Waals surface area contributed by atoms with Gasteiger partial charge >= 0.3 is 5.97 Å². The van der Waals surface area contributed by atoms with E-state index in [4.69, 9.17) is 14.7 Å². The molecule has 6 nitrogen and oxygen atoms in total. The average molecular weight is 425 g/mol. The van der Waals surface area contributed by atoms with Crippen molar-refractivity contribution >= 4 is 11.9 Å². The van der Waals surface area contributed by atoms with Gasteiger partial charge in [-0.2, -0.15) is 5.26 Å². The number of amides is 1. The zero-order chi connectivity index (χ0) is 22.0. The Hall–Kier alpha value is -2.55. The zero-order valence-electron chi connectivity index (χ0n) is 18.6.